The van der Waals surface area contributed by atoms with E-state index >= 15 is 0 Å². The van der Waals surface area contributed by atoms with Crippen LogP contribution in [0.5, 0.6) is 0 Å². The Balaban J connectivity index is 2.40. The van der Waals surface area contributed by atoms with Crippen molar-refractivity contribution in [2.24, 2.45) is 5.73 Å². The molecule has 1 aromatic carbocycles. The molecule has 5 nitrogen and oxygen atoms in total. The van der Waals surface area contributed by atoms with Crippen LogP contribution < -0.4 is 16.0 Å². The summed E-state index contributed by atoms with van der Waals surface area (Å²) >= 11 is 6.32. The largest absolute Gasteiger partial charge is 0.367 e. The Labute approximate surface area is 123 Å². The molecule has 0 bridgehead atoms. The predicted octanol–water partition coefficient (Wildman–Crippen LogP) is 2.42. The van der Waals surface area contributed by atoms with Crippen molar-refractivity contribution < 1.29 is 4.79 Å². The number of nitrogens with two attached hydrogens (primary N) is 1. The summed E-state index contributed by atoms with van der Waals surface area (Å²) in [6.45, 7) is 4.66. The first kappa shape index (κ1) is 14.6. The molecule has 1 aliphatic heterocycles. The summed E-state index contributed by atoms with van der Waals surface area (Å²) in [5, 5.41) is 12.0. The molecule has 0 saturated heterocycles. The number of nitrogens with zero attached hydrogens (tertiary/aromatic N) is 2. The highest BCUT2D eigenvalue weighted by atomic mass is 35.5. The van der Waals surface area contributed by atoms with Crippen molar-refractivity contribution >= 4 is 28.9 Å². The summed E-state index contributed by atoms with van der Waals surface area (Å²) in [4.78, 5) is 13.6. The highest BCUT2D eigenvalue weighted by Crippen LogP contribution is 2.38. The van der Waals surface area contributed by atoms with Gasteiger partial charge < -0.3 is 16.0 Å². The Morgan fingerprint density at radius 2 is 2.25 bits per heavy atom. The van der Waals surface area contributed by atoms with E-state index in [1.165, 1.54) is 0 Å². The standard InChI is InChI=1S/C14H17ClN4O/c1-8(2)19(5-3-4-16)12-7-11-9(6-10(12)15)13(17)14(20)18-11/h6-8,13H,3,5,17H2,1-2H3,(H,18,20). The molecule has 0 radical (unpaired) electrons. The molecule has 1 amide bonds. The van der Waals surface area contributed by atoms with Gasteiger partial charge in [0.1, 0.15) is 6.04 Å². The maximum absolute atomic E-state index is 11.6. The minimum absolute atomic E-state index is 0.199. The number of amides is 1. The van der Waals surface area contributed by atoms with Crippen LogP contribution in [0, 0.1) is 11.3 Å². The smallest absolute Gasteiger partial charge is 0.245 e. The van der Waals surface area contributed by atoms with Crippen LogP contribution in [0.1, 0.15) is 31.9 Å². The normalized spacial score (nSPS) is 16.8. The molecule has 1 aromatic rings. The molecule has 0 spiro atoms. The lowest BCUT2D eigenvalue weighted by Crippen LogP contribution is -2.31. The molecule has 3 N–H and O–H groups in total. The van der Waals surface area contributed by atoms with Gasteiger partial charge in [-0.05, 0) is 26.0 Å². The van der Waals surface area contributed by atoms with Gasteiger partial charge in [0.25, 0.3) is 0 Å². The van der Waals surface area contributed by atoms with E-state index in [2.05, 4.69) is 11.4 Å². The van der Waals surface area contributed by atoms with Crippen LogP contribution >= 0.6 is 11.6 Å². The maximum atomic E-state index is 11.6. The summed E-state index contributed by atoms with van der Waals surface area (Å²) in [7, 11) is 0. The van der Waals surface area contributed by atoms with E-state index in [0.29, 0.717) is 29.2 Å². The second-order valence-electron chi connectivity index (χ2n) is 5.05. The molecule has 0 aliphatic carbocycles. The average Bonchev–Trinajstić information content (AvgIpc) is 2.66. The molecule has 106 valence electrons. The molecule has 1 aliphatic rings. The number of hydrogen-bond donors (Lipinski definition) is 2. The third-order valence-corrected chi connectivity index (χ3v) is 3.69. The predicted molar refractivity (Wildman–Crippen MR) is 79.7 cm³/mol. The number of nitrogens with one attached hydrogen (secondary N) is 1. The van der Waals surface area contributed by atoms with Crippen molar-refractivity contribution in [1.82, 2.24) is 0 Å². The molecule has 1 heterocycles. The lowest BCUT2D eigenvalue weighted by atomic mass is 10.1. The first-order valence-electron chi connectivity index (χ1n) is 6.49. The van der Waals surface area contributed by atoms with Crippen molar-refractivity contribution in [2.75, 3.05) is 16.8 Å². The quantitative estimate of drug-likeness (QED) is 0.893. The maximum Gasteiger partial charge on any atom is 0.245 e. The molecule has 1 unspecified atom stereocenters. The van der Waals surface area contributed by atoms with E-state index in [1.54, 1.807) is 6.07 Å². The number of hydrogen-bond acceptors (Lipinski definition) is 4. The lowest BCUT2D eigenvalue weighted by Gasteiger charge is -2.29. The zero-order valence-electron chi connectivity index (χ0n) is 11.5. The summed E-state index contributed by atoms with van der Waals surface area (Å²) in [5.74, 6) is -0.221. The van der Waals surface area contributed by atoms with Gasteiger partial charge in [-0.2, -0.15) is 5.26 Å². The fourth-order valence-corrected chi connectivity index (χ4v) is 2.62. The number of carbonyl (C=O) groups excluding carboxylic acids is 1. The third-order valence-electron chi connectivity index (χ3n) is 3.39. The summed E-state index contributed by atoms with van der Waals surface area (Å²) in [6, 6.07) is 5.24. The number of halogens is 1. The van der Waals surface area contributed by atoms with Gasteiger partial charge in [-0.15, -0.1) is 0 Å². The zero-order valence-corrected chi connectivity index (χ0v) is 12.2. The van der Waals surface area contributed by atoms with E-state index in [4.69, 9.17) is 22.6 Å². The Morgan fingerprint density at radius 3 is 2.85 bits per heavy atom. The molecule has 0 saturated carbocycles. The number of anilines is 2. The highest BCUT2D eigenvalue weighted by molar-refractivity contribution is 6.33. The number of benzene rings is 1. The summed E-state index contributed by atoms with van der Waals surface area (Å²) in [5.41, 5.74) is 8.02. The van der Waals surface area contributed by atoms with Crippen LogP contribution in [0.3, 0.4) is 0 Å². The van der Waals surface area contributed by atoms with Crippen LogP contribution in [0.2, 0.25) is 5.02 Å². The van der Waals surface area contributed by atoms with E-state index in [-0.39, 0.29) is 11.9 Å². The fraction of sp³-hybridized carbons (Fsp3) is 0.429. The van der Waals surface area contributed by atoms with E-state index in [0.717, 1.165) is 5.69 Å². The third kappa shape index (κ3) is 2.58. The number of nitriles is 1. The number of carbonyl (C=O) groups is 1. The van der Waals surface area contributed by atoms with Gasteiger partial charge in [-0.25, -0.2) is 0 Å². The van der Waals surface area contributed by atoms with Crippen LogP contribution in [-0.2, 0) is 4.79 Å². The number of rotatable bonds is 4. The molecular weight excluding hydrogens is 276 g/mol. The Hall–Kier alpha value is -1.77. The molecule has 20 heavy (non-hydrogen) atoms. The SMILES string of the molecule is CC(C)N(CCC#N)c1cc2c(cc1Cl)C(N)C(=O)N2. The molecule has 0 fully saturated rings. The monoisotopic (exact) mass is 292 g/mol. The summed E-state index contributed by atoms with van der Waals surface area (Å²) in [6.07, 6.45) is 0.414. The van der Waals surface area contributed by atoms with Crippen molar-refractivity contribution in [3.8, 4) is 6.07 Å². The van der Waals surface area contributed by atoms with Crippen LogP contribution in [0.25, 0.3) is 0 Å². The van der Waals surface area contributed by atoms with E-state index < -0.39 is 6.04 Å². The van der Waals surface area contributed by atoms with Gasteiger partial charge >= 0.3 is 0 Å². The van der Waals surface area contributed by atoms with Gasteiger partial charge in [0.15, 0.2) is 0 Å². The Bertz CT molecular complexity index is 579. The van der Waals surface area contributed by atoms with Gasteiger partial charge in [0.05, 0.1) is 23.2 Å². The second-order valence-corrected chi connectivity index (χ2v) is 5.46. The Morgan fingerprint density at radius 1 is 1.55 bits per heavy atom. The average molecular weight is 293 g/mol. The molecular formula is C14H17ClN4O. The number of fused-ring (bicyclic) bond motifs is 1. The van der Waals surface area contributed by atoms with Gasteiger partial charge in [-0.3, -0.25) is 4.79 Å². The van der Waals surface area contributed by atoms with Crippen molar-refractivity contribution in [3.63, 3.8) is 0 Å². The molecule has 2 rings (SSSR count). The highest BCUT2D eigenvalue weighted by Gasteiger charge is 2.29. The minimum atomic E-state index is -0.664. The van der Waals surface area contributed by atoms with Crippen molar-refractivity contribution in [1.29, 1.82) is 5.26 Å². The Kier molecular flexibility index (Phi) is 4.17. The van der Waals surface area contributed by atoms with Gasteiger partial charge in [0, 0.05) is 23.8 Å². The van der Waals surface area contributed by atoms with E-state index in [9.17, 15) is 4.79 Å². The molecule has 1 atom stereocenters. The van der Waals surface area contributed by atoms with Crippen molar-refractivity contribution in [2.45, 2.75) is 32.4 Å². The van der Waals surface area contributed by atoms with E-state index in [1.807, 2.05) is 24.8 Å². The van der Waals surface area contributed by atoms with Gasteiger partial charge in [0.2, 0.25) is 5.91 Å². The minimum Gasteiger partial charge on any atom is -0.367 e. The first-order valence-corrected chi connectivity index (χ1v) is 6.87. The van der Waals surface area contributed by atoms with Crippen molar-refractivity contribution in [3.05, 3.63) is 22.7 Å². The van der Waals surface area contributed by atoms with Crippen LogP contribution in [0.4, 0.5) is 11.4 Å². The summed E-state index contributed by atoms with van der Waals surface area (Å²) < 4.78 is 0. The van der Waals surface area contributed by atoms with Crippen LogP contribution in [-0.4, -0.2) is 18.5 Å². The topological polar surface area (TPSA) is 82.2 Å². The first-order chi connectivity index (χ1) is 9.45. The lowest BCUT2D eigenvalue weighted by molar-refractivity contribution is -0.116. The molecule has 0 aromatic heterocycles. The van der Waals surface area contributed by atoms with Crippen LogP contribution in [0.15, 0.2) is 12.1 Å². The van der Waals surface area contributed by atoms with Gasteiger partial charge in [-0.1, -0.05) is 11.6 Å². The fourth-order valence-electron chi connectivity index (χ4n) is 2.34. The second kappa shape index (κ2) is 5.70. The zero-order chi connectivity index (χ0) is 14.9. The molecule has 6 heteroatoms.